The van der Waals surface area contributed by atoms with Crippen molar-refractivity contribution in [1.29, 1.82) is 0 Å². The molecule has 1 aliphatic rings. The normalized spacial score (nSPS) is 16.7. The Morgan fingerprint density at radius 2 is 1.65 bits per heavy atom. The van der Waals surface area contributed by atoms with Gasteiger partial charge in [-0.05, 0) is 52.0 Å². The average Bonchev–Trinajstić information content (AvgIpc) is 3.48. The Morgan fingerprint density at radius 1 is 0.935 bits per heavy atom. The topological polar surface area (TPSA) is 178 Å². The molecule has 2 atom stereocenters. The van der Waals surface area contributed by atoms with E-state index in [1.165, 1.54) is 0 Å². The number of nitrogens with one attached hydrogen (secondary N) is 1. The first-order valence-electron chi connectivity index (χ1n) is 14.7. The van der Waals surface area contributed by atoms with Gasteiger partial charge < -0.3 is 19.9 Å². The van der Waals surface area contributed by atoms with Gasteiger partial charge in [0.15, 0.2) is 11.6 Å². The third kappa shape index (κ3) is 7.28. The van der Waals surface area contributed by atoms with Gasteiger partial charge in [-0.15, -0.1) is 0 Å². The first-order chi connectivity index (χ1) is 22.6. The lowest BCUT2D eigenvalue weighted by Crippen LogP contribution is -2.49. The molecule has 0 saturated carbocycles. The fourth-order valence-electron chi connectivity index (χ4n) is 5.32. The maximum Gasteiger partial charge on any atom is 0.252 e. The van der Waals surface area contributed by atoms with E-state index in [0.29, 0.717) is 35.6 Å². The van der Waals surface area contributed by atoms with Gasteiger partial charge in [0.1, 0.15) is 5.75 Å². The van der Waals surface area contributed by atoms with Crippen molar-refractivity contribution in [2.45, 2.75) is 37.6 Å². The molecule has 0 saturated heterocycles. The Labute approximate surface area is 265 Å². The highest BCUT2D eigenvalue weighted by atomic mass is 16.5. The van der Waals surface area contributed by atoms with Crippen LogP contribution >= 0.6 is 0 Å². The van der Waals surface area contributed by atoms with Gasteiger partial charge in [-0.3, -0.25) is 4.79 Å². The van der Waals surface area contributed by atoms with E-state index in [9.17, 15) is 10.3 Å². The van der Waals surface area contributed by atoms with Gasteiger partial charge in [0.05, 0.1) is 13.2 Å². The molecule has 12 nitrogen and oxygen atoms in total. The van der Waals surface area contributed by atoms with Crippen LogP contribution in [0, 0.1) is 0 Å². The standard InChI is InChI=1S/C34H32N8O4/c35-41-38-23-27-12-5-4-11-26(27)21-34(33(44)37-22-24-9-2-1-3-10-24)31(29-13-6-7-14-30(29)40-42-36)46-32(39-34)25-15-17-28(18-16-25)45-20-8-19-43/h1-7,9-18,31,43H,8,19-23H2,(H,37,44)/t31-,34-/m1/s1. The maximum atomic E-state index is 14.6. The summed E-state index contributed by atoms with van der Waals surface area (Å²) >= 11 is 0. The van der Waals surface area contributed by atoms with Crippen LogP contribution in [0.15, 0.2) is 118 Å². The fourth-order valence-corrected chi connectivity index (χ4v) is 5.32. The molecule has 0 fully saturated rings. The average molecular weight is 617 g/mol. The second-order valence-electron chi connectivity index (χ2n) is 10.5. The van der Waals surface area contributed by atoms with Crippen molar-refractivity contribution in [2.24, 2.45) is 15.2 Å². The summed E-state index contributed by atoms with van der Waals surface area (Å²) in [5, 5.41) is 19.8. The van der Waals surface area contributed by atoms with Crippen LogP contribution in [0.1, 0.15) is 40.3 Å². The van der Waals surface area contributed by atoms with Crippen LogP contribution in [0.2, 0.25) is 0 Å². The summed E-state index contributed by atoms with van der Waals surface area (Å²) in [6.45, 7) is 0.730. The summed E-state index contributed by atoms with van der Waals surface area (Å²) in [5.74, 6) is 0.444. The van der Waals surface area contributed by atoms with Crippen molar-refractivity contribution in [3.63, 3.8) is 0 Å². The Hall–Kier alpha value is -5.80. The van der Waals surface area contributed by atoms with Crippen LogP contribution in [-0.4, -0.2) is 35.7 Å². The highest BCUT2D eigenvalue weighted by Crippen LogP contribution is 2.45. The molecule has 1 aliphatic heterocycles. The zero-order chi connectivity index (χ0) is 32.2. The molecular formula is C34H32N8O4. The van der Waals surface area contributed by atoms with Crippen LogP contribution in [0.25, 0.3) is 20.9 Å². The number of rotatable bonds is 14. The van der Waals surface area contributed by atoms with Crippen molar-refractivity contribution < 1.29 is 19.4 Å². The van der Waals surface area contributed by atoms with Crippen molar-refractivity contribution in [2.75, 3.05) is 13.2 Å². The molecule has 0 radical (unpaired) electrons. The van der Waals surface area contributed by atoms with Crippen molar-refractivity contribution >= 4 is 17.5 Å². The predicted octanol–water partition coefficient (Wildman–Crippen LogP) is 7.02. The minimum absolute atomic E-state index is 0.0296. The number of amides is 1. The molecule has 0 aliphatic carbocycles. The minimum Gasteiger partial charge on any atom is -0.494 e. The van der Waals surface area contributed by atoms with Crippen molar-refractivity contribution in [3.05, 3.63) is 152 Å². The smallest absolute Gasteiger partial charge is 0.252 e. The van der Waals surface area contributed by atoms with E-state index in [4.69, 9.17) is 25.1 Å². The van der Waals surface area contributed by atoms with Gasteiger partial charge in [0.25, 0.3) is 5.91 Å². The van der Waals surface area contributed by atoms with Gasteiger partial charge in [-0.1, -0.05) is 89.1 Å². The summed E-state index contributed by atoms with van der Waals surface area (Å²) in [7, 11) is 0. The first kappa shape index (κ1) is 31.6. The quantitative estimate of drug-likeness (QED) is 0.0670. The number of carbonyl (C=O) groups excluding carboxylic acids is 1. The molecule has 1 heterocycles. The molecule has 0 bridgehead atoms. The molecule has 0 unspecified atom stereocenters. The zero-order valence-corrected chi connectivity index (χ0v) is 24.9. The molecule has 0 spiro atoms. The Morgan fingerprint density at radius 3 is 2.39 bits per heavy atom. The second kappa shape index (κ2) is 15.3. The largest absolute Gasteiger partial charge is 0.494 e. The number of aliphatic hydroxyl groups excluding tert-OH is 1. The Kier molecular flexibility index (Phi) is 10.5. The molecular weight excluding hydrogens is 584 g/mol. The van der Waals surface area contributed by atoms with Crippen LogP contribution < -0.4 is 10.1 Å². The fraction of sp³-hybridized carbons (Fsp3) is 0.235. The Balaban J connectivity index is 1.64. The number of benzene rings is 4. The van der Waals surface area contributed by atoms with Crippen LogP contribution in [0.3, 0.4) is 0 Å². The maximum absolute atomic E-state index is 14.6. The lowest BCUT2D eigenvalue weighted by atomic mass is 9.80. The van der Waals surface area contributed by atoms with Crippen molar-refractivity contribution in [1.82, 2.24) is 5.32 Å². The lowest BCUT2D eigenvalue weighted by molar-refractivity contribution is -0.129. The first-order valence-corrected chi connectivity index (χ1v) is 14.7. The highest BCUT2D eigenvalue weighted by Gasteiger charge is 2.54. The summed E-state index contributed by atoms with van der Waals surface area (Å²) < 4.78 is 12.3. The molecule has 2 N–H and O–H groups in total. The number of ether oxygens (including phenoxy) is 2. The number of aliphatic imine (C=N–C) groups is 1. The number of hydrogen-bond acceptors (Lipinski definition) is 7. The van der Waals surface area contributed by atoms with Gasteiger partial charge in [0.2, 0.25) is 5.90 Å². The summed E-state index contributed by atoms with van der Waals surface area (Å²) in [6, 6.07) is 31.0. The number of azide groups is 2. The van der Waals surface area contributed by atoms with Crippen LogP contribution in [0.4, 0.5) is 5.69 Å². The van der Waals surface area contributed by atoms with E-state index < -0.39 is 17.6 Å². The molecule has 1 amide bonds. The van der Waals surface area contributed by atoms with E-state index in [-0.39, 0.29) is 32.0 Å². The van der Waals surface area contributed by atoms with Gasteiger partial charge >= 0.3 is 0 Å². The molecule has 4 aromatic rings. The predicted molar refractivity (Wildman–Crippen MR) is 173 cm³/mol. The SMILES string of the molecule is [N-]=[N+]=NCc1ccccc1C[C@@]1(C(=O)NCc2ccccc2)N=C(c2ccc(OCCCO)cc2)O[C@@H]1c1ccccc1N=[N+]=[N-]. The zero-order valence-electron chi connectivity index (χ0n) is 24.9. The van der Waals surface area contributed by atoms with Crippen LogP contribution in [0.5, 0.6) is 5.75 Å². The monoisotopic (exact) mass is 616 g/mol. The Bertz CT molecular complexity index is 1780. The summed E-state index contributed by atoms with van der Waals surface area (Å²) in [4.78, 5) is 25.6. The van der Waals surface area contributed by atoms with E-state index in [1.54, 1.807) is 48.5 Å². The van der Waals surface area contributed by atoms with Crippen LogP contribution in [-0.2, 0) is 29.0 Å². The molecule has 0 aromatic heterocycles. The summed E-state index contributed by atoms with van der Waals surface area (Å²) in [6.07, 6.45) is -0.398. The third-order valence-electron chi connectivity index (χ3n) is 7.58. The molecule has 232 valence electrons. The van der Waals surface area contributed by atoms with Gasteiger partial charge in [-0.2, -0.15) is 0 Å². The lowest BCUT2D eigenvalue weighted by Gasteiger charge is -2.32. The summed E-state index contributed by atoms with van der Waals surface area (Å²) in [5.41, 5.74) is 20.6. The number of aliphatic hydroxyl groups is 1. The molecule has 4 aromatic carbocycles. The molecule has 46 heavy (non-hydrogen) atoms. The van der Waals surface area contributed by atoms with E-state index in [0.717, 1.165) is 16.7 Å². The minimum atomic E-state index is -1.56. The second-order valence-corrected chi connectivity index (χ2v) is 10.5. The number of hydrogen-bond donors (Lipinski definition) is 2. The van der Waals surface area contributed by atoms with E-state index in [1.807, 2.05) is 54.6 Å². The molecule has 5 rings (SSSR count). The number of nitrogens with zero attached hydrogens (tertiary/aromatic N) is 7. The van der Waals surface area contributed by atoms with E-state index in [2.05, 4.69) is 25.4 Å². The van der Waals surface area contributed by atoms with E-state index >= 15 is 0 Å². The van der Waals surface area contributed by atoms with Gasteiger partial charge in [0, 0.05) is 52.6 Å². The number of carbonyl (C=O) groups is 1. The van der Waals surface area contributed by atoms with Gasteiger partial charge in [-0.25, -0.2) is 4.99 Å². The van der Waals surface area contributed by atoms with Crippen molar-refractivity contribution in [3.8, 4) is 5.75 Å². The molecule has 12 heteroatoms. The third-order valence-corrected chi connectivity index (χ3v) is 7.58. The highest BCUT2D eigenvalue weighted by molar-refractivity contribution is 6.01.